The van der Waals surface area contributed by atoms with Gasteiger partial charge in [-0.25, -0.2) is 8.78 Å². The number of ether oxygens (including phenoxy) is 1. The Labute approximate surface area is 98.6 Å². The summed E-state index contributed by atoms with van der Waals surface area (Å²) >= 11 is 0. The molecular weight excluding hydrogens is 228 g/mol. The Morgan fingerprint density at radius 2 is 2.00 bits per heavy atom. The number of esters is 1. The summed E-state index contributed by atoms with van der Waals surface area (Å²) in [7, 11) is 0. The molecule has 3 nitrogen and oxygen atoms in total. The van der Waals surface area contributed by atoms with E-state index in [4.69, 9.17) is 5.73 Å². The van der Waals surface area contributed by atoms with E-state index in [1.165, 1.54) is 0 Å². The molecule has 0 aliphatic carbocycles. The van der Waals surface area contributed by atoms with E-state index < -0.39 is 31.0 Å². The van der Waals surface area contributed by atoms with Gasteiger partial charge in [0, 0.05) is 0 Å². The van der Waals surface area contributed by atoms with Crippen LogP contribution in [0.5, 0.6) is 0 Å². The Morgan fingerprint density at radius 3 is 2.53 bits per heavy atom. The third-order valence-electron chi connectivity index (χ3n) is 2.38. The molecule has 0 aromatic heterocycles. The zero-order chi connectivity index (χ0) is 12.9. The molecule has 0 amide bonds. The number of carbonyl (C=O) groups excluding carboxylic acids is 1. The van der Waals surface area contributed by atoms with E-state index in [0.717, 1.165) is 5.56 Å². The van der Waals surface area contributed by atoms with Crippen molar-refractivity contribution in [1.29, 1.82) is 0 Å². The fourth-order valence-corrected chi connectivity index (χ4v) is 1.24. The summed E-state index contributed by atoms with van der Waals surface area (Å²) in [6, 6.07) is 8.84. The van der Waals surface area contributed by atoms with Gasteiger partial charge in [-0.1, -0.05) is 30.3 Å². The maximum Gasteiger partial charge on any atom is 0.313 e. The van der Waals surface area contributed by atoms with Crippen LogP contribution in [0.4, 0.5) is 8.78 Å². The summed E-state index contributed by atoms with van der Waals surface area (Å²) in [6.45, 7) is -0.197. The second-order valence-electron chi connectivity index (χ2n) is 3.80. The van der Waals surface area contributed by atoms with Gasteiger partial charge in [0.1, 0.15) is 0 Å². The van der Waals surface area contributed by atoms with Crippen LogP contribution in [0.3, 0.4) is 0 Å². The van der Waals surface area contributed by atoms with Gasteiger partial charge in [-0.2, -0.15) is 0 Å². The van der Waals surface area contributed by atoms with Crippen LogP contribution in [-0.2, 0) is 9.53 Å². The number of carbonyl (C=O) groups is 1. The van der Waals surface area contributed by atoms with Crippen LogP contribution < -0.4 is 5.73 Å². The van der Waals surface area contributed by atoms with E-state index in [1.807, 2.05) is 6.07 Å². The van der Waals surface area contributed by atoms with Gasteiger partial charge in [0.15, 0.2) is 6.61 Å². The van der Waals surface area contributed by atoms with Crippen LogP contribution in [0.1, 0.15) is 18.4 Å². The maximum absolute atomic E-state index is 12.8. The monoisotopic (exact) mass is 243 g/mol. The number of hydrogen-bond donors (Lipinski definition) is 1. The first-order valence-electron chi connectivity index (χ1n) is 5.26. The number of rotatable bonds is 5. The zero-order valence-electron chi connectivity index (χ0n) is 9.53. The predicted octanol–water partition coefficient (Wildman–Crippen LogP) is 1.93. The molecule has 0 heterocycles. The quantitative estimate of drug-likeness (QED) is 0.804. The minimum atomic E-state index is -3.16. The molecular formula is C12H15F2NO2. The summed E-state index contributed by atoms with van der Waals surface area (Å²) in [5, 5.41) is 0. The first kappa shape index (κ1) is 13.6. The number of nitrogens with two attached hydrogens (primary N) is 1. The summed E-state index contributed by atoms with van der Waals surface area (Å²) < 4.78 is 30.1. The van der Waals surface area contributed by atoms with Gasteiger partial charge in [0.05, 0.1) is 12.5 Å². The molecule has 1 aromatic carbocycles. The molecule has 5 heteroatoms. The second-order valence-corrected chi connectivity index (χ2v) is 3.80. The molecule has 0 saturated heterocycles. The maximum atomic E-state index is 12.8. The van der Waals surface area contributed by atoms with Crippen LogP contribution in [-0.4, -0.2) is 25.0 Å². The summed E-state index contributed by atoms with van der Waals surface area (Å²) in [5.74, 6) is -4.40. The van der Waals surface area contributed by atoms with Crippen molar-refractivity contribution in [2.45, 2.75) is 18.8 Å². The lowest BCUT2D eigenvalue weighted by molar-refractivity contribution is -0.155. The van der Waals surface area contributed by atoms with E-state index in [1.54, 1.807) is 31.2 Å². The van der Waals surface area contributed by atoms with Gasteiger partial charge in [-0.05, 0) is 12.5 Å². The highest BCUT2D eigenvalue weighted by Crippen LogP contribution is 2.18. The van der Waals surface area contributed by atoms with Gasteiger partial charge < -0.3 is 10.5 Å². The third kappa shape index (κ3) is 4.11. The Morgan fingerprint density at radius 1 is 1.41 bits per heavy atom. The largest absolute Gasteiger partial charge is 0.459 e. The van der Waals surface area contributed by atoms with Crippen molar-refractivity contribution in [3.63, 3.8) is 0 Å². The fourth-order valence-electron chi connectivity index (χ4n) is 1.24. The van der Waals surface area contributed by atoms with Crippen LogP contribution in [0, 0.1) is 0 Å². The number of benzene rings is 1. The lowest BCUT2D eigenvalue weighted by Gasteiger charge is -2.16. The third-order valence-corrected chi connectivity index (χ3v) is 2.38. The lowest BCUT2D eigenvalue weighted by atomic mass is 10.0. The van der Waals surface area contributed by atoms with Crippen molar-refractivity contribution in [1.82, 2.24) is 0 Å². The molecule has 0 bridgehead atoms. The molecule has 17 heavy (non-hydrogen) atoms. The van der Waals surface area contributed by atoms with E-state index >= 15 is 0 Å². The predicted molar refractivity (Wildman–Crippen MR) is 59.8 cm³/mol. The van der Waals surface area contributed by atoms with Crippen molar-refractivity contribution in [3.05, 3.63) is 35.9 Å². The van der Waals surface area contributed by atoms with Crippen LogP contribution >= 0.6 is 0 Å². The van der Waals surface area contributed by atoms with Crippen molar-refractivity contribution >= 4 is 5.97 Å². The Kier molecular flexibility index (Phi) is 4.57. The fraction of sp³-hybridized carbons (Fsp3) is 0.417. The average molecular weight is 243 g/mol. The Balaban J connectivity index is 2.54. The minimum absolute atomic E-state index is 0.565. The molecule has 1 aromatic rings. The molecule has 1 rings (SSSR count). The Hall–Kier alpha value is -1.49. The molecule has 0 aliphatic heterocycles. The van der Waals surface area contributed by atoms with Crippen LogP contribution in [0.25, 0.3) is 0 Å². The normalized spacial score (nSPS) is 13.2. The van der Waals surface area contributed by atoms with E-state index in [-0.39, 0.29) is 0 Å². The smallest absolute Gasteiger partial charge is 0.313 e. The number of halogens is 2. The molecule has 1 atom stereocenters. The van der Waals surface area contributed by atoms with Crippen LogP contribution in [0.2, 0.25) is 0 Å². The van der Waals surface area contributed by atoms with E-state index in [0.29, 0.717) is 0 Å². The number of hydrogen-bond acceptors (Lipinski definition) is 3. The molecule has 2 N–H and O–H groups in total. The molecule has 0 saturated carbocycles. The summed E-state index contributed by atoms with van der Waals surface area (Å²) in [5.41, 5.74) is 5.57. The van der Waals surface area contributed by atoms with Gasteiger partial charge in [0.2, 0.25) is 0 Å². The lowest BCUT2D eigenvalue weighted by Crippen LogP contribution is -2.34. The molecule has 94 valence electrons. The highest BCUT2D eigenvalue weighted by atomic mass is 19.3. The van der Waals surface area contributed by atoms with Crippen molar-refractivity contribution in [3.8, 4) is 0 Å². The highest BCUT2D eigenvalue weighted by Gasteiger charge is 2.30. The first-order chi connectivity index (χ1) is 7.96. The average Bonchev–Trinajstić information content (AvgIpc) is 2.36. The van der Waals surface area contributed by atoms with Gasteiger partial charge in [-0.3, -0.25) is 4.79 Å². The van der Waals surface area contributed by atoms with Crippen molar-refractivity contribution in [2.24, 2.45) is 5.73 Å². The molecule has 0 fully saturated rings. The highest BCUT2D eigenvalue weighted by molar-refractivity contribution is 5.77. The molecule has 0 radical (unpaired) electrons. The van der Waals surface area contributed by atoms with E-state index in [9.17, 15) is 13.6 Å². The van der Waals surface area contributed by atoms with Gasteiger partial charge in [-0.15, -0.1) is 0 Å². The van der Waals surface area contributed by atoms with Gasteiger partial charge in [0.25, 0.3) is 5.92 Å². The van der Waals surface area contributed by atoms with Crippen LogP contribution in [0.15, 0.2) is 30.3 Å². The first-order valence-corrected chi connectivity index (χ1v) is 5.26. The molecule has 0 aliphatic rings. The molecule has 1 unspecified atom stereocenters. The zero-order valence-corrected chi connectivity index (χ0v) is 9.53. The Bertz CT molecular complexity index is 368. The van der Waals surface area contributed by atoms with Gasteiger partial charge >= 0.3 is 5.97 Å². The van der Waals surface area contributed by atoms with Crippen molar-refractivity contribution in [2.75, 3.05) is 13.2 Å². The SMILES string of the molecule is CC(C(=O)OCC(F)(F)CN)c1ccccc1. The summed E-state index contributed by atoms with van der Waals surface area (Å²) in [6.07, 6.45) is 0. The van der Waals surface area contributed by atoms with Crippen molar-refractivity contribution < 1.29 is 18.3 Å². The second kappa shape index (κ2) is 5.72. The number of alkyl halides is 2. The molecule has 0 spiro atoms. The van der Waals surface area contributed by atoms with E-state index in [2.05, 4.69) is 4.74 Å². The minimum Gasteiger partial charge on any atom is -0.459 e. The summed E-state index contributed by atoms with van der Waals surface area (Å²) in [4.78, 5) is 11.5. The standard InChI is InChI=1S/C12H15F2NO2/c1-9(10-5-3-2-4-6-10)11(16)17-8-12(13,14)7-15/h2-6,9H,7-8,15H2,1H3. The topological polar surface area (TPSA) is 52.3 Å².